The third kappa shape index (κ3) is 3.81. The number of likely N-dealkylation sites (N-methyl/N-ethyl adjacent to an activating group) is 1. The lowest BCUT2D eigenvalue weighted by atomic mass is 10.2. The summed E-state index contributed by atoms with van der Waals surface area (Å²) in [4.78, 5) is 28.5. The van der Waals surface area contributed by atoms with Crippen LogP contribution in [0.1, 0.15) is 17.3 Å². The first kappa shape index (κ1) is 13.6. The molecule has 0 spiro atoms. The number of methoxy groups -OCH3 is 1. The molecule has 5 nitrogen and oxygen atoms in total. The molecule has 17 heavy (non-hydrogen) atoms. The minimum Gasteiger partial charge on any atom is -0.468 e. The number of pyridine rings is 1. The fourth-order valence-electron chi connectivity index (χ4n) is 1.27. The monoisotopic (exact) mass is 300 g/mol. The van der Waals surface area contributed by atoms with Crippen LogP contribution >= 0.6 is 15.9 Å². The fourth-order valence-corrected chi connectivity index (χ4v) is 1.63. The van der Waals surface area contributed by atoms with Crippen LogP contribution in [0.15, 0.2) is 22.9 Å². The van der Waals surface area contributed by atoms with Gasteiger partial charge in [-0.25, -0.2) is 4.98 Å². The number of carbonyl (C=O) groups is 2. The van der Waals surface area contributed by atoms with Gasteiger partial charge in [-0.3, -0.25) is 9.59 Å². The van der Waals surface area contributed by atoms with Gasteiger partial charge in [0.2, 0.25) is 0 Å². The molecular formula is C11H13BrN2O3. The van der Waals surface area contributed by atoms with Crippen LogP contribution in [0, 0.1) is 0 Å². The Morgan fingerprint density at radius 2 is 2.24 bits per heavy atom. The molecule has 0 unspecified atom stereocenters. The number of nitrogens with zero attached hydrogens (tertiary/aromatic N) is 2. The van der Waals surface area contributed by atoms with Crippen molar-refractivity contribution in [3.8, 4) is 0 Å². The second-order valence-electron chi connectivity index (χ2n) is 3.26. The predicted molar refractivity (Wildman–Crippen MR) is 65.5 cm³/mol. The topological polar surface area (TPSA) is 59.5 Å². The molecule has 0 N–H and O–H groups in total. The second kappa shape index (κ2) is 6.34. The van der Waals surface area contributed by atoms with Crippen molar-refractivity contribution in [2.45, 2.75) is 6.92 Å². The molecule has 0 radical (unpaired) electrons. The summed E-state index contributed by atoms with van der Waals surface area (Å²) >= 11 is 3.19. The average Bonchev–Trinajstić information content (AvgIpc) is 2.34. The van der Waals surface area contributed by atoms with Gasteiger partial charge in [-0.1, -0.05) is 0 Å². The Labute approximate surface area is 108 Å². The first-order valence-corrected chi connectivity index (χ1v) is 5.85. The van der Waals surface area contributed by atoms with Crippen LogP contribution in [0.4, 0.5) is 0 Å². The van der Waals surface area contributed by atoms with Gasteiger partial charge in [0.1, 0.15) is 11.1 Å². The van der Waals surface area contributed by atoms with Crippen LogP contribution in [0.25, 0.3) is 0 Å². The standard InChI is InChI=1S/C11H13BrN2O3/c1-3-14(7-10(15)17-2)11(16)8-4-5-13-9(12)6-8/h4-6H,3,7H2,1-2H3. The van der Waals surface area contributed by atoms with Crippen molar-refractivity contribution in [2.75, 3.05) is 20.2 Å². The van der Waals surface area contributed by atoms with Crippen molar-refractivity contribution in [1.29, 1.82) is 0 Å². The van der Waals surface area contributed by atoms with Gasteiger partial charge in [-0.05, 0) is 35.0 Å². The minimum absolute atomic E-state index is 0.0498. The fraction of sp³-hybridized carbons (Fsp3) is 0.364. The SMILES string of the molecule is CCN(CC(=O)OC)C(=O)c1ccnc(Br)c1. The summed E-state index contributed by atoms with van der Waals surface area (Å²) < 4.78 is 5.12. The quantitative estimate of drug-likeness (QED) is 0.624. The number of carbonyl (C=O) groups excluding carboxylic acids is 2. The molecule has 1 aromatic rings. The number of hydrogen-bond donors (Lipinski definition) is 0. The summed E-state index contributed by atoms with van der Waals surface area (Å²) in [5.74, 6) is -0.658. The van der Waals surface area contributed by atoms with E-state index in [-0.39, 0.29) is 12.5 Å². The van der Waals surface area contributed by atoms with Gasteiger partial charge >= 0.3 is 5.97 Å². The first-order valence-electron chi connectivity index (χ1n) is 5.06. The molecule has 0 fully saturated rings. The van der Waals surface area contributed by atoms with Crippen molar-refractivity contribution in [3.63, 3.8) is 0 Å². The van der Waals surface area contributed by atoms with E-state index in [1.807, 2.05) is 0 Å². The molecule has 0 aliphatic carbocycles. The molecule has 0 atom stereocenters. The Morgan fingerprint density at radius 3 is 2.76 bits per heavy atom. The molecule has 6 heteroatoms. The highest BCUT2D eigenvalue weighted by Gasteiger charge is 2.17. The molecule has 1 rings (SSSR count). The Kier molecular flexibility index (Phi) is 5.09. The van der Waals surface area contributed by atoms with Crippen LogP contribution in [0.5, 0.6) is 0 Å². The van der Waals surface area contributed by atoms with Gasteiger partial charge in [0.05, 0.1) is 7.11 Å². The predicted octanol–water partition coefficient (Wildman–Crippen LogP) is 1.48. The number of esters is 1. The number of hydrogen-bond acceptors (Lipinski definition) is 4. The zero-order valence-corrected chi connectivity index (χ0v) is 11.2. The third-order valence-corrected chi connectivity index (χ3v) is 2.62. The molecule has 1 heterocycles. The maximum atomic E-state index is 12.0. The largest absolute Gasteiger partial charge is 0.468 e. The van der Waals surface area contributed by atoms with E-state index >= 15 is 0 Å². The normalized spacial score (nSPS) is 9.82. The molecule has 0 saturated carbocycles. The number of aromatic nitrogens is 1. The van der Waals surface area contributed by atoms with Gasteiger partial charge in [-0.15, -0.1) is 0 Å². The minimum atomic E-state index is -0.437. The van der Waals surface area contributed by atoms with Crippen molar-refractivity contribution in [2.24, 2.45) is 0 Å². The number of rotatable bonds is 4. The van der Waals surface area contributed by atoms with Crippen LogP contribution in [0.2, 0.25) is 0 Å². The van der Waals surface area contributed by atoms with E-state index in [0.29, 0.717) is 16.7 Å². The van der Waals surface area contributed by atoms with E-state index in [9.17, 15) is 9.59 Å². The molecule has 1 amide bonds. The van der Waals surface area contributed by atoms with Gasteiger partial charge in [-0.2, -0.15) is 0 Å². The number of ether oxygens (including phenoxy) is 1. The summed E-state index contributed by atoms with van der Waals surface area (Å²) in [6.07, 6.45) is 1.53. The zero-order valence-electron chi connectivity index (χ0n) is 9.64. The van der Waals surface area contributed by atoms with Gasteiger partial charge in [0.25, 0.3) is 5.91 Å². The summed E-state index contributed by atoms with van der Waals surface area (Å²) in [6.45, 7) is 2.19. The van der Waals surface area contributed by atoms with E-state index in [2.05, 4.69) is 25.7 Å². The number of halogens is 1. The summed E-state index contributed by atoms with van der Waals surface area (Å²) in [5.41, 5.74) is 0.484. The lowest BCUT2D eigenvalue weighted by Gasteiger charge is -2.19. The van der Waals surface area contributed by atoms with Crippen molar-refractivity contribution in [3.05, 3.63) is 28.5 Å². The maximum absolute atomic E-state index is 12.0. The van der Waals surface area contributed by atoms with Crippen LogP contribution in [-0.2, 0) is 9.53 Å². The molecule has 0 aliphatic rings. The van der Waals surface area contributed by atoms with Gasteiger partial charge < -0.3 is 9.64 Å². The lowest BCUT2D eigenvalue weighted by Crippen LogP contribution is -2.36. The van der Waals surface area contributed by atoms with Crippen LogP contribution in [0.3, 0.4) is 0 Å². The summed E-state index contributed by atoms with van der Waals surface area (Å²) in [6, 6.07) is 3.22. The average molecular weight is 301 g/mol. The second-order valence-corrected chi connectivity index (χ2v) is 4.08. The van der Waals surface area contributed by atoms with Crippen molar-refractivity contribution < 1.29 is 14.3 Å². The highest BCUT2D eigenvalue weighted by atomic mass is 79.9. The van der Waals surface area contributed by atoms with E-state index < -0.39 is 5.97 Å². The highest BCUT2D eigenvalue weighted by Crippen LogP contribution is 2.10. The van der Waals surface area contributed by atoms with Crippen molar-refractivity contribution >= 4 is 27.8 Å². The van der Waals surface area contributed by atoms with Crippen molar-refractivity contribution in [1.82, 2.24) is 9.88 Å². The van der Waals surface area contributed by atoms with Gasteiger partial charge in [0, 0.05) is 18.3 Å². The Morgan fingerprint density at radius 1 is 1.53 bits per heavy atom. The van der Waals surface area contributed by atoms with E-state index in [0.717, 1.165) is 0 Å². The van der Waals surface area contributed by atoms with E-state index in [1.165, 1.54) is 18.2 Å². The third-order valence-electron chi connectivity index (χ3n) is 2.19. The lowest BCUT2D eigenvalue weighted by molar-refractivity contribution is -0.141. The molecule has 92 valence electrons. The maximum Gasteiger partial charge on any atom is 0.325 e. The Bertz CT molecular complexity index is 423. The van der Waals surface area contributed by atoms with E-state index in [4.69, 9.17) is 0 Å². The molecule has 0 saturated heterocycles. The van der Waals surface area contributed by atoms with E-state index in [1.54, 1.807) is 19.1 Å². The molecule has 1 aromatic heterocycles. The highest BCUT2D eigenvalue weighted by molar-refractivity contribution is 9.10. The molecule has 0 bridgehead atoms. The Balaban J connectivity index is 2.82. The molecule has 0 aliphatic heterocycles. The molecule has 0 aromatic carbocycles. The zero-order chi connectivity index (χ0) is 12.8. The first-order chi connectivity index (χ1) is 8.08. The van der Waals surface area contributed by atoms with Crippen LogP contribution in [-0.4, -0.2) is 42.0 Å². The van der Waals surface area contributed by atoms with Gasteiger partial charge in [0.15, 0.2) is 0 Å². The van der Waals surface area contributed by atoms with Crippen LogP contribution < -0.4 is 0 Å². The smallest absolute Gasteiger partial charge is 0.325 e. The summed E-state index contributed by atoms with van der Waals surface area (Å²) in [7, 11) is 1.30. The molecular weight excluding hydrogens is 288 g/mol. The Hall–Kier alpha value is -1.43. The number of amides is 1. The summed E-state index contributed by atoms with van der Waals surface area (Å²) in [5, 5.41) is 0.